The van der Waals surface area contributed by atoms with Crippen LogP contribution >= 0.6 is 11.3 Å². The molecule has 1 atom stereocenters. The number of methoxy groups -OCH3 is 2. The van der Waals surface area contributed by atoms with Crippen molar-refractivity contribution in [1.29, 1.82) is 0 Å². The van der Waals surface area contributed by atoms with Crippen molar-refractivity contribution in [3.05, 3.63) is 89.5 Å². The maximum absolute atomic E-state index is 13.3. The van der Waals surface area contributed by atoms with Crippen LogP contribution in [0.1, 0.15) is 17.2 Å². The number of aliphatic hydroxyl groups is 1. The van der Waals surface area contributed by atoms with E-state index in [9.17, 15) is 14.7 Å². The second-order valence-electron chi connectivity index (χ2n) is 7.64. The first-order valence-corrected chi connectivity index (χ1v) is 11.3. The topological polar surface area (TPSA) is 89.0 Å². The van der Waals surface area contributed by atoms with Gasteiger partial charge in [-0.05, 0) is 35.9 Å². The monoisotopic (exact) mass is 472 g/mol. The number of fused-ring (bicyclic) bond motifs is 1. The molecule has 7 nitrogen and oxygen atoms in total. The van der Waals surface area contributed by atoms with Gasteiger partial charge in [-0.25, -0.2) is 4.98 Å². The third kappa shape index (κ3) is 3.58. The number of ether oxygens (including phenoxy) is 2. The van der Waals surface area contributed by atoms with E-state index >= 15 is 0 Å². The van der Waals surface area contributed by atoms with Gasteiger partial charge in [0.1, 0.15) is 17.3 Å². The van der Waals surface area contributed by atoms with Crippen LogP contribution < -0.4 is 14.4 Å². The molecule has 34 heavy (non-hydrogen) atoms. The smallest absolute Gasteiger partial charge is 0.301 e. The number of amides is 1. The summed E-state index contributed by atoms with van der Waals surface area (Å²) in [5, 5.41) is 11.5. The summed E-state index contributed by atoms with van der Waals surface area (Å²) < 4.78 is 11.4. The van der Waals surface area contributed by atoms with Gasteiger partial charge in [0.05, 0.1) is 36.1 Å². The molecule has 0 bridgehead atoms. The SMILES string of the molecule is COc1ccc([C@H]2C(=C(O)c3ccccc3)C(=O)C(=O)N2c2nc3ccc(OC)cc3s2)cc1. The highest BCUT2D eigenvalue weighted by atomic mass is 32.1. The van der Waals surface area contributed by atoms with Crippen molar-refractivity contribution in [2.45, 2.75) is 6.04 Å². The minimum Gasteiger partial charge on any atom is -0.507 e. The maximum Gasteiger partial charge on any atom is 0.301 e. The Bertz CT molecular complexity index is 1430. The molecule has 3 aromatic carbocycles. The number of nitrogens with zero attached hydrogens (tertiary/aromatic N) is 2. The Hall–Kier alpha value is -4.17. The quantitative estimate of drug-likeness (QED) is 0.251. The number of rotatable bonds is 5. The number of ketones is 1. The van der Waals surface area contributed by atoms with Crippen molar-refractivity contribution >= 4 is 44.1 Å². The van der Waals surface area contributed by atoms with Crippen LogP contribution in [0.25, 0.3) is 16.0 Å². The van der Waals surface area contributed by atoms with Crippen molar-refractivity contribution in [3.63, 3.8) is 0 Å². The third-order valence-electron chi connectivity index (χ3n) is 5.71. The number of thiazole rings is 1. The van der Waals surface area contributed by atoms with Crippen molar-refractivity contribution in [1.82, 2.24) is 4.98 Å². The number of carbonyl (C=O) groups excluding carboxylic acids is 2. The Morgan fingerprint density at radius 1 is 0.941 bits per heavy atom. The highest BCUT2D eigenvalue weighted by molar-refractivity contribution is 7.22. The van der Waals surface area contributed by atoms with Crippen molar-refractivity contribution < 1.29 is 24.2 Å². The van der Waals surface area contributed by atoms with Crippen molar-refractivity contribution in [2.24, 2.45) is 0 Å². The van der Waals surface area contributed by atoms with E-state index in [0.29, 0.717) is 33.3 Å². The molecule has 170 valence electrons. The lowest BCUT2D eigenvalue weighted by atomic mass is 9.95. The number of aromatic nitrogens is 1. The molecule has 1 fully saturated rings. The summed E-state index contributed by atoms with van der Waals surface area (Å²) in [6, 6.07) is 20.3. The Labute approximate surface area is 199 Å². The first kappa shape index (κ1) is 21.7. The lowest BCUT2D eigenvalue weighted by Crippen LogP contribution is -2.29. The van der Waals surface area contributed by atoms with Crippen LogP contribution in [0.3, 0.4) is 0 Å². The lowest BCUT2D eigenvalue weighted by Gasteiger charge is -2.23. The standard InChI is InChI=1S/C26H20N2O5S/c1-32-17-10-8-15(9-11-17)22-21(23(29)16-6-4-3-5-7-16)24(30)25(31)28(22)26-27-19-13-12-18(33-2)14-20(19)34-26/h3-14,22,29H,1-2H3/t22-/m0/s1. The van der Waals surface area contributed by atoms with Crippen LogP contribution in [0.5, 0.6) is 11.5 Å². The molecule has 0 radical (unpaired) electrons. The molecule has 2 heterocycles. The van der Waals surface area contributed by atoms with Gasteiger partial charge in [0.15, 0.2) is 5.13 Å². The van der Waals surface area contributed by atoms with Gasteiger partial charge in [-0.1, -0.05) is 53.8 Å². The van der Waals surface area contributed by atoms with Gasteiger partial charge in [-0.15, -0.1) is 0 Å². The molecule has 5 rings (SSSR count). The zero-order chi connectivity index (χ0) is 23.8. The highest BCUT2D eigenvalue weighted by Gasteiger charge is 2.48. The summed E-state index contributed by atoms with van der Waals surface area (Å²) in [6.45, 7) is 0. The fourth-order valence-electron chi connectivity index (χ4n) is 4.01. The van der Waals surface area contributed by atoms with Gasteiger partial charge >= 0.3 is 5.91 Å². The van der Waals surface area contributed by atoms with Gasteiger partial charge < -0.3 is 14.6 Å². The number of Topliss-reactive ketones (excluding diaryl/α,β-unsaturated/α-hetero) is 1. The predicted molar refractivity (Wildman–Crippen MR) is 130 cm³/mol. The molecule has 0 unspecified atom stereocenters. The summed E-state index contributed by atoms with van der Waals surface area (Å²) in [5.74, 6) is -0.440. The Balaban J connectivity index is 1.71. The predicted octanol–water partition coefficient (Wildman–Crippen LogP) is 4.94. The zero-order valence-electron chi connectivity index (χ0n) is 18.4. The van der Waals surface area contributed by atoms with Crippen LogP contribution in [0.4, 0.5) is 5.13 Å². The normalized spacial score (nSPS) is 17.4. The minimum absolute atomic E-state index is 0.0122. The number of hydrogen-bond acceptors (Lipinski definition) is 7. The molecule has 1 aliphatic heterocycles. The largest absolute Gasteiger partial charge is 0.507 e. The maximum atomic E-state index is 13.3. The van der Waals surface area contributed by atoms with E-state index in [2.05, 4.69) is 4.98 Å². The van der Waals surface area contributed by atoms with Crippen molar-refractivity contribution in [3.8, 4) is 11.5 Å². The summed E-state index contributed by atoms with van der Waals surface area (Å²) >= 11 is 1.28. The first-order valence-electron chi connectivity index (χ1n) is 10.5. The number of aliphatic hydroxyl groups excluding tert-OH is 1. The molecule has 0 aliphatic carbocycles. The zero-order valence-corrected chi connectivity index (χ0v) is 19.2. The number of anilines is 1. The van der Waals surface area contributed by atoms with E-state index in [-0.39, 0.29) is 11.3 Å². The second kappa shape index (κ2) is 8.64. The van der Waals surface area contributed by atoms with Crippen molar-refractivity contribution in [2.75, 3.05) is 19.1 Å². The Morgan fingerprint density at radius 2 is 1.62 bits per heavy atom. The van der Waals surface area contributed by atoms with E-state index in [4.69, 9.17) is 9.47 Å². The molecular formula is C26H20N2O5S. The van der Waals surface area contributed by atoms with Gasteiger partial charge in [0.2, 0.25) is 0 Å². The molecule has 1 aromatic heterocycles. The van der Waals surface area contributed by atoms with E-state index in [1.54, 1.807) is 74.9 Å². The van der Waals surface area contributed by atoms with Gasteiger partial charge in [-0.2, -0.15) is 0 Å². The fourth-order valence-corrected chi connectivity index (χ4v) is 5.03. The fraction of sp³-hybridized carbons (Fsp3) is 0.115. The van der Waals surface area contributed by atoms with Gasteiger partial charge in [0, 0.05) is 5.56 Å². The number of benzene rings is 3. The molecule has 1 saturated heterocycles. The molecule has 1 amide bonds. The number of carbonyl (C=O) groups is 2. The average Bonchev–Trinajstić information content (AvgIpc) is 3.41. The summed E-state index contributed by atoms with van der Waals surface area (Å²) in [4.78, 5) is 32.5. The highest BCUT2D eigenvalue weighted by Crippen LogP contribution is 2.44. The number of hydrogen-bond donors (Lipinski definition) is 1. The molecule has 0 spiro atoms. The molecule has 0 saturated carbocycles. The Morgan fingerprint density at radius 3 is 2.29 bits per heavy atom. The van der Waals surface area contributed by atoms with E-state index in [1.807, 2.05) is 12.1 Å². The van der Waals surface area contributed by atoms with Gasteiger partial charge in [0.25, 0.3) is 5.78 Å². The summed E-state index contributed by atoms with van der Waals surface area (Å²) in [7, 11) is 3.14. The Kier molecular flexibility index (Phi) is 5.51. The molecule has 8 heteroatoms. The van der Waals surface area contributed by atoms with Crippen LogP contribution in [0.2, 0.25) is 0 Å². The van der Waals surface area contributed by atoms with E-state index in [1.165, 1.54) is 16.2 Å². The first-order chi connectivity index (χ1) is 16.5. The molecule has 4 aromatic rings. The van der Waals surface area contributed by atoms with E-state index in [0.717, 1.165) is 4.70 Å². The van der Waals surface area contributed by atoms with Crippen LogP contribution in [-0.2, 0) is 9.59 Å². The van der Waals surface area contributed by atoms with Crippen LogP contribution in [0.15, 0.2) is 78.4 Å². The van der Waals surface area contributed by atoms with Crippen LogP contribution in [-0.4, -0.2) is 36.0 Å². The summed E-state index contributed by atoms with van der Waals surface area (Å²) in [6.07, 6.45) is 0. The molecule has 1 aliphatic rings. The average molecular weight is 473 g/mol. The molecular weight excluding hydrogens is 452 g/mol. The second-order valence-corrected chi connectivity index (χ2v) is 8.65. The van der Waals surface area contributed by atoms with Gasteiger partial charge in [-0.3, -0.25) is 14.5 Å². The molecule has 1 N–H and O–H groups in total. The third-order valence-corrected chi connectivity index (χ3v) is 6.73. The lowest BCUT2D eigenvalue weighted by molar-refractivity contribution is -0.132. The van der Waals surface area contributed by atoms with Crippen LogP contribution in [0, 0.1) is 0 Å². The minimum atomic E-state index is -0.853. The van der Waals surface area contributed by atoms with E-state index < -0.39 is 17.7 Å². The summed E-state index contributed by atoms with van der Waals surface area (Å²) in [5.41, 5.74) is 1.79.